The van der Waals surface area contributed by atoms with Crippen LogP contribution in [0.5, 0.6) is 0 Å². The third kappa shape index (κ3) is 8.15. The Balaban J connectivity index is 1.45. The van der Waals surface area contributed by atoms with Gasteiger partial charge in [-0.25, -0.2) is 8.51 Å². The SMILES string of the molecule is CN([C@H](c1cc(-c2ccc3ccccc3c2)cc(-c2ccc3ccccc3c2)c1)c1cc(C(F)(F)F)ccc1P(c1ccccc1)c1ccccc1)S(=O)C(C)(C)C. The van der Waals surface area contributed by atoms with E-state index < -0.39 is 41.4 Å². The van der Waals surface area contributed by atoms with Gasteiger partial charge in [0.05, 0.1) is 16.4 Å². The number of alkyl halides is 3. The van der Waals surface area contributed by atoms with Gasteiger partial charge in [0.25, 0.3) is 0 Å². The maximum atomic E-state index is 14.9. The third-order valence-electron chi connectivity index (χ3n) is 10.5. The van der Waals surface area contributed by atoms with Crippen LogP contribution in [0.25, 0.3) is 43.8 Å². The van der Waals surface area contributed by atoms with Crippen LogP contribution in [0.15, 0.2) is 182 Å². The molecule has 0 saturated carbocycles. The van der Waals surface area contributed by atoms with Gasteiger partial charge in [-0.2, -0.15) is 13.2 Å². The summed E-state index contributed by atoms with van der Waals surface area (Å²) in [4.78, 5) is 0. The Morgan fingerprint density at radius 2 is 0.983 bits per heavy atom. The summed E-state index contributed by atoms with van der Waals surface area (Å²) >= 11 is 0. The van der Waals surface area contributed by atoms with E-state index >= 15 is 0 Å². The molecule has 0 aromatic heterocycles. The molecule has 0 aliphatic rings. The number of hydrogen-bond acceptors (Lipinski definition) is 1. The molecule has 0 N–H and O–H groups in total. The Labute approximate surface area is 342 Å². The second-order valence-corrected chi connectivity index (χ2v) is 20.0. The maximum absolute atomic E-state index is 14.9. The zero-order chi connectivity index (χ0) is 40.6. The average Bonchev–Trinajstić information content (AvgIpc) is 3.23. The summed E-state index contributed by atoms with van der Waals surface area (Å²) in [7, 11) is -1.20. The lowest BCUT2D eigenvalue weighted by molar-refractivity contribution is -0.137. The van der Waals surface area contributed by atoms with Gasteiger partial charge in [-0.3, -0.25) is 0 Å². The maximum Gasteiger partial charge on any atom is 0.416 e. The van der Waals surface area contributed by atoms with Crippen molar-refractivity contribution in [3.63, 3.8) is 0 Å². The van der Waals surface area contributed by atoms with Gasteiger partial charge in [0.1, 0.15) is 11.0 Å². The predicted molar refractivity (Wildman–Crippen MR) is 240 cm³/mol. The van der Waals surface area contributed by atoms with Crippen LogP contribution in [0.1, 0.15) is 43.5 Å². The van der Waals surface area contributed by atoms with Crippen molar-refractivity contribution >= 4 is 56.4 Å². The molecule has 8 aromatic rings. The molecule has 0 bridgehead atoms. The molecule has 0 fully saturated rings. The molecule has 7 heteroatoms. The minimum Gasteiger partial charge on any atom is -0.242 e. The molecule has 0 aliphatic carbocycles. The van der Waals surface area contributed by atoms with Crippen LogP contribution in [-0.4, -0.2) is 20.3 Å². The van der Waals surface area contributed by atoms with Crippen molar-refractivity contribution in [2.75, 3.05) is 7.05 Å². The van der Waals surface area contributed by atoms with Crippen LogP contribution in [-0.2, 0) is 17.2 Å². The first kappa shape index (κ1) is 39.4. The van der Waals surface area contributed by atoms with E-state index in [1.54, 1.807) is 17.4 Å². The first-order chi connectivity index (χ1) is 27.8. The molecule has 1 unspecified atom stereocenters. The zero-order valence-corrected chi connectivity index (χ0v) is 34.5. The Morgan fingerprint density at radius 1 is 0.517 bits per heavy atom. The molecule has 8 rings (SSSR count). The number of halogens is 3. The van der Waals surface area contributed by atoms with Gasteiger partial charge in [0, 0.05) is 7.05 Å². The first-order valence-electron chi connectivity index (χ1n) is 19.2. The van der Waals surface area contributed by atoms with E-state index in [9.17, 15) is 17.4 Å². The van der Waals surface area contributed by atoms with Crippen molar-refractivity contribution in [3.8, 4) is 22.3 Å². The molecule has 290 valence electrons. The highest BCUT2D eigenvalue weighted by atomic mass is 32.2. The summed E-state index contributed by atoms with van der Waals surface area (Å²) in [6, 6.07) is 58.7. The van der Waals surface area contributed by atoms with Gasteiger partial charge in [0.2, 0.25) is 0 Å². The Morgan fingerprint density at radius 3 is 1.45 bits per heavy atom. The Bertz CT molecular complexity index is 2630. The zero-order valence-electron chi connectivity index (χ0n) is 32.7. The molecule has 0 saturated heterocycles. The average molecular weight is 806 g/mol. The van der Waals surface area contributed by atoms with Crippen molar-refractivity contribution in [2.24, 2.45) is 0 Å². The fourth-order valence-corrected chi connectivity index (χ4v) is 11.5. The molecule has 8 aromatic carbocycles. The fourth-order valence-electron chi connectivity index (χ4n) is 7.73. The first-order valence-corrected chi connectivity index (χ1v) is 21.7. The van der Waals surface area contributed by atoms with Gasteiger partial charge in [-0.15, -0.1) is 0 Å². The molecule has 0 aliphatic heterocycles. The molecule has 0 radical (unpaired) electrons. The number of nitrogens with zero attached hydrogens (tertiary/aromatic N) is 1. The minimum atomic E-state index is -4.61. The van der Waals surface area contributed by atoms with Crippen LogP contribution in [0.3, 0.4) is 0 Å². The van der Waals surface area contributed by atoms with E-state index in [1.165, 1.54) is 12.1 Å². The smallest absolute Gasteiger partial charge is 0.242 e. The number of rotatable bonds is 9. The fraction of sp³-hybridized carbons (Fsp3) is 0.137. The molecular formula is C51H43F3NOPS. The Hall–Kier alpha value is -5.39. The van der Waals surface area contributed by atoms with E-state index in [2.05, 4.69) is 78.9 Å². The summed E-state index contributed by atoms with van der Waals surface area (Å²) in [5.41, 5.74) is 4.23. The quantitative estimate of drug-likeness (QED) is 0.133. The van der Waals surface area contributed by atoms with Crippen molar-refractivity contribution in [1.29, 1.82) is 0 Å². The topological polar surface area (TPSA) is 20.3 Å². The molecule has 0 heterocycles. The molecule has 2 nitrogen and oxygen atoms in total. The normalized spacial score (nSPS) is 13.3. The van der Waals surface area contributed by atoms with Crippen LogP contribution in [0.4, 0.5) is 13.2 Å². The van der Waals surface area contributed by atoms with Gasteiger partial charge >= 0.3 is 6.18 Å². The molecular weight excluding hydrogens is 763 g/mol. The van der Waals surface area contributed by atoms with Crippen LogP contribution < -0.4 is 15.9 Å². The summed E-state index contributed by atoms with van der Waals surface area (Å²) in [5.74, 6) is 0. The van der Waals surface area contributed by atoms with Gasteiger partial charge in [-0.1, -0.05) is 140 Å². The highest BCUT2D eigenvalue weighted by Gasteiger charge is 2.37. The lowest BCUT2D eigenvalue weighted by atomic mass is 9.89. The monoisotopic (exact) mass is 805 g/mol. The van der Waals surface area contributed by atoms with Gasteiger partial charge < -0.3 is 0 Å². The van der Waals surface area contributed by atoms with Crippen LogP contribution >= 0.6 is 7.92 Å². The highest BCUT2D eigenvalue weighted by Crippen LogP contribution is 2.44. The van der Waals surface area contributed by atoms with Crippen LogP contribution in [0, 0.1) is 0 Å². The second kappa shape index (κ2) is 16.1. The number of fused-ring (bicyclic) bond motifs is 2. The van der Waals surface area contributed by atoms with E-state index in [4.69, 9.17) is 0 Å². The van der Waals surface area contributed by atoms with E-state index in [-0.39, 0.29) is 0 Å². The second-order valence-electron chi connectivity index (χ2n) is 15.6. The van der Waals surface area contributed by atoms with E-state index in [0.29, 0.717) is 5.56 Å². The largest absolute Gasteiger partial charge is 0.416 e. The summed E-state index contributed by atoms with van der Waals surface area (Å²) in [5, 5.41) is 7.16. The summed E-state index contributed by atoms with van der Waals surface area (Å²) in [6.07, 6.45) is -4.61. The minimum absolute atomic E-state index is 0.467. The van der Waals surface area contributed by atoms with E-state index in [0.717, 1.165) is 65.3 Å². The summed E-state index contributed by atoms with van der Waals surface area (Å²) in [6.45, 7) is 5.70. The summed E-state index contributed by atoms with van der Waals surface area (Å²) < 4.78 is 60.5. The lowest BCUT2D eigenvalue weighted by Crippen LogP contribution is -2.39. The third-order valence-corrected chi connectivity index (χ3v) is 14.8. The predicted octanol–water partition coefficient (Wildman–Crippen LogP) is 12.6. The lowest BCUT2D eigenvalue weighted by Gasteiger charge is -2.36. The number of hydrogen-bond donors (Lipinski definition) is 0. The highest BCUT2D eigenvalue weighted by molar-refractivity contribution is 7.84. The number of benzene rings is 8. The van der Waals surface area contributed by atoms with Crippen molar-refractivity contribution in [2.45, 2.75) is 37.7 Å². The molecule has 0 spiro atoms. The van der Waals surface area contributed by atoms with Gasteiger partial charge in [-0.05, 0) is 142 Å². The Kier molecular flexibility index (Phi) is 10.9. The van der Waals surface area contributed by atoms with Gasteiger partial charge in [0.15, 0.2) is 0 Å². The molecule has 0 amide bonds. The van der Waals surface area contributed by atoms with Crippen molar-refractivity contribution < 1.29 is 17.4 Å². The van der Waals surface area contributed by atoms with Crippen LogP contribution in [0.2, 0.25) is 0 Å². The standard InChI is InChI=1S/C51H43F3NOPS/c1-50(2,3)58(56)55(4)49(47-34-44(51(52,53)54)27-28-48(47)57(45-19-7-5-8-20-45)46-21-9-6-10-22-46)43-32-41(39-25-23-35-15-11-13-17-37(35)29-39)31-42(33-43)40-26-24-36-16-12-14-18-38(36)30-40/h5-34,49H,1-4H3/t49-,58?/m1/s1. The molecule has 58 heavy (non-hydrogen) atoms. The van der Waals surface area contributed by atoms with E-state index in [1.807, 2.05) is 106 Å². The van der Waals surface area contributed by atoms with Crippen molar-refractivity contribution in [1.82, 2.24) is 4.31 Å². The molecule has 2 atom stereocenters. The van der Waals surface area contributed by atoms with Crippen molar-refractivity contribution in [3.05, 3.63) is 199 Å².